The Morgan fingerprint density at radius 2 is 1.56 bits per heavy atom. The van der Waals surface area contributed by atoms with Crippen LogP contribution in [0.1, 0.15) is 11.1 Å². The van der Waals surface area contributed by atoms with Crippen LogP contribution in [-0.4, -0.2) is 14.5 Å². The molecule has 0 aliphatic rings. The summed E-state index contributed by atoms with van der Waals surface area (Å²) in [5, 5.41) is 0. The minimum absolute atomic E-state index is 0.421. The zero-order valence-electron chi connectivity index (χ0n) is 13.6. The Hall–Kier alpha value is -2.98. The number of imidazole rings is 1. The van der Waals surface area contributed by atoms with Crippen molar-refractivity contribution in [2.75, 3.05) is 0 Å². The van der Waals surface area contributed by atoms with E-state index in [9.17, 15) is 0 Å². The van der Waals surface area contributed by atoms with Gasteiger partial charge in [0.1, 0.15) is 10.8 Å². The lowest BCUT2D eigenvalue weighted by Crippen LogP contribution is -2.09. The first kappa shape index (κ1) is 15.5. The van der Waals surface area contributed by atoms with Gasteiger partial charge in [0.25, 0.3) is 0 Å². The van der Waals surface area contributed by atoms with Crippen molar-refractivity contribution in [3.8, 4) is 11.4 Å². The fourth-order valence-electron chi connectivity index (χ4n) is 3.00. The minimum Gasteiger partial charge on any atom is -0.389 e. The van der Waals surface area contributed by atoms with E-state index in [4.69, 9.17) is 22.9 Å². The van der Waals surface area contributed by atoms with E-state index >= 15 is 0 Å². The lowest BCUT2D eigenvalue weighted by Gasteiger charge is -2.10. The summed E-state index contributed by atoms with van der Waals surface area (Å²) in [7, 11) is 0. The Balaban J connectivity index is 1.81. The van der Waals surface area contributed by atoms with Crippen molar-refractivity contribution in [1.29, 1.82) is 0 Å². The molecule has 3 nitrogen and oxygen atoms in total. The van der Waals surface area contributed by atoms with E-state index in [-0.39, 0.29) is 0 Å². The third-order valence-corrected chi connectivity index (χ3v) is 4.50. The Morgan fingerprint density at radius 1 is 0.880 bits per heavy atom. The maximum Gasteiger partial charge on any atom is 0.141 e. The third kappa shape index (κ3) is 3.04. The van der Waals surface area contributed by atoms with Crippen molar-refractivity contribution in [2.24, 2.45) is 5.73 Å². The van der Waals surface area contributed by atoms with E-state index in [0.717, 1.165) is 34.5 Å². The maximum atomic E-state index is 5.69. The van der Waals surface area contributed by atoms with Gasteiger partial charge in [0, 0.05) is 17.7 Å². The Kier molecular flexibility index (Phi) is 4.04. The van der Waals surface area contributed by atoms with Crippen LogP contribution in [0.25, 0.3) is 22.4 Å². The van der Waals surface area contributed by atoms with Crippen LogP contribution in [0.4, 0.5) is 0 Å². The molecule has 0 amide bonds. The zero-order chi connectivity index (χ0) is 17.2. The zero-order valence-corrected chi connectivity index (χ0v) is 14.4. The second kappa shape index (κ2) is 6.49. The standard InChI is InChI=1S/C21H17N3S/c22-20(25)16-12-10-15(11-13-16)14-24-19-9-5-4-8-18(19)23-21(24)17-6-2-1-3-7-17/h1-13H,14H2,(H2,22,25). The van der Waals surface area contributed by atoms with Crippen LogP contribution in [0.5, 0.6) is 0 Å². The number of benzene rings is 3. The first-order chi connectivity index (χ1) is 12.2. The van der Waals surface area contributed by atoms with Crippen molar-refractivity contribution in [2.45, 2.75) is 6.54 Å². The number of aromatic nitrogens is 2. The normalized spacial score (nSPS) is 10.9. The van der Waals surface area contributed by atoms with Crippen LogP contribution >= 0.6 is 12.2 Å². The van der Waals surface area contributed by atoms with Crippen LogP contribution < -0.4 is 5.73 Å². The molecule has 0 fully saturated rings. The summed E-state index contributed by atoms with van der Waals surface area (Å²) in [5.41, 5.74) is 11.0. The van der Waals surface area contributed by atoms with Crippen molar-refractivity contribution >= 4 is 28.2 Å². The molecule has 25 heavy (non-hydrogen) atoms. The molecular weight excluding hydrogens is 326 g/mol. The Labute approximate surface area is 151 Å². The van der Waals surface area contributed by atoms with E-state index in [1.165, 1.54) is 5.56 Å². The predicted octanol–water partition coefficient (Wildman–Crippen LogP) is 4.39. The third-order valence-electron chi connectivity index (χ3n) is 4.27. The summed E-state index contributed by atoms with van der Waals surface area (Å²) < 4.78 is 2.25. The Morgan fingerprint density at radius 3 is 2.28 bits per heavy atom. The molecule has 0 atom stereocenters. The molecule has 4 heteroatoms. The molecule has 122 valence electrons. The molecule has 1 heterocycles. The highest BCUT2D eigenvalue weighted by Gasteiger charge is 2.12. The number of thiocarbonyl (C=S) groups is 1. The molecule has 0 aliphatic carbocycles. The van der Waals surface area contributed by atoms with Crippen molar-refractivity contribution in [1.82, 2.24) is 9.55 Å². The summed E-state index contributed by atoms with van der Waals surface area (Å²) in [6.45, 7) is 0.738. The number of hydrogen-bond acceptors (Lipinski definition) is 2. The fraction of sp³-hybridized carbons (Fsp3) is 0.0476. The molecule has 0 spiro atoms. The molecule has 1 aromatic heterocycles. The Bertz CT molecular complexity index is 1030. The predicted molar refractivity (Wildman–Crippen MR) is 107 cm³/mol. The molecule has 2 N–H and O–H groups in total. The second-order valence-corrected chi connectivity index (χ2v) is 6.38. The molecule has 3 aromatic carbocycles. The minimum atomic E-state index is 0.421. The molecule has 0 saturated carbocycles. The van der Waals surface area contributed by atoms with Gasteiger partial charge >= 0.3 is 0 Å². The lowest BCUT2D eigenvalue weighted by atomic mass is 10.1. The summed E-state index contributed by atoms with van der Waals surface area (Å²) in [4.78, 5) is 5.27. The number of rotatable bonds is 4. The van der Waals surface area contributed by atoms with Gasteiger partial charge in [-0.3, -0.25) is 0 Å². The maximum absolute atomic E-state index is 5.69. The quantitative estimate of drug-likeness (QED) is 0.559. The van der Waals surface area contributed by atoms with Gasteiger partial charge in [0.15, 0.2) is 0 Å². The SMILES string of the molecule is NC(=S)c1ccc(Cn2c(-c3ccccc3)nc3ccccc32)cc1. The number of hydrogen-bond donors (Lipinski definition) is 1. The molecule has 0 unspecified atom stereocenters. The van der Waals surface area contributed by atoms with Crippen LogP contribution in [0.3, 0.4) is 0 Å². The smallest absolute Gasteiger partial charge is 0.141 e. The van der Waals surface area contributed by atoms with Crippen molar-refractivity contribution < 1.29 is 0 Å². The monoisotopic (exact) mass is 343 g/mol. The van der Waals surface area contributed by atoms with Crippen LogP contribution in [-0.2, 0) is 6.54 Å². The first-order valence-electron chi connectivity index (χ1n) is 8.12. The summed E-state index contributed by atoms with van der Waals surface area (Å²) in [6.07, 6.45) is 0. The second-order valence-electron chi connectivity index (χ2n) is 5.94. The van der Waals surface area contributed by atoms with Crippen molar-refractivity contribution in [3.63, 3.8) is 0 Å². The molecule has 4 rings (SSSR count). The molecule has 0 saturated heterocycles. The number of nitrogens with zero attached hydrogens (tertiary/aromatic N) is 2. The van der Waals surface area contributed by atoms with E-state index in [2.05, 4.69) is 34.9 Å². The van der Waals surface area contributed by atoms with Crippen LogP contribution in [0, 0.1) is 0 Å². The molecular formula is C21H17N3S. The summed E-state index contributed by atoms with van der Waals surface area (Å²) >= 11 is 5.03. The van der Waals surface area contributed by atoms with E-state index in [1.807, 2.05) is 48.5 Å². The van der Waals surface area contributed by atoms with Gasteiger partial charge in [-0.25, -0.2) is 4.98 Å². The van der Waals surface area contributed by atoms with Crippen molar-refractivity contribution in [3.05, 3.63) is 90.0 Å². The highest BCUT2D eigenvalue weighted by Crippen LogP contribution is 2.25. The van der Waals surface area contributed by atoms with Gasteiger partial charge in [0.2, 0.25) is 0 Å². The van der Waals surface area contributed by atoms with Crippen LogP contribution in [0.2, 0.25) is 0 Å². The number of fused-ring (bicyclic) bond motifs is 1. The van der Waals surface area contributed by atoms with E-state index in [1.54, 1.807) is 0 Å². The molecule has 0 aliphatic heterocycles. The van der Waals surface area contributed by atoms with Gasteiger partial charge in [-0.2, -0.15) is 0 Å². The average Bonchev–Trinajstić information content (AvgIpc) is 3.02. The number of para-hydroxylation sites is 2. The van der Waals surface area contributed by atoms with Gasteiger partial charge < -0.3 is 10.3 Å². The molecule has 0 bridgehead atoms. The van der Waals surface area contributed by atoms with Gasteiger partial charge in [-0.15, -0.1) is 0 Å². The van der Waals surface area contributed by atoms with E-state index in [0.29, 0.717) is 4.99 Å². The fourth-order valence-corrected chi connectivity index (χ4v) is 3.14. The highest BCUT2D eigenvalue weighted by atomic mass is 32.1. The topological polar surface area (TPSA) is 43.8 Å². The lowest BCUT2D eigenvalue weighted by molar-refractivity contribution is 0.834. The average molecular weight is 343 g/mol. The highest BCUT2D eigenvalue weighted by molar-refractivity contribution is 7.80. The molecule has 0 radical (unpaired) electrons. The van der Waals surface area contributed by atoms with Crippen LogP contribution in [0.15, 0.2) is 78.9 Å². The largest absolute Gasteiger partial charge is 0.389 e. The van der Waals surface area contributed by atoms with Gasteiger partial charge in [-0.1, -0.05) is 78.9 Å². The summed E-state index contributed by atoms with van der Waals surface area (Å²) in [5.74, 6) is 0.972. The number of nitrogens with two attached hydrogens (primary N) is 1. The van der Waals surface area contributed by atoms with Gasteiger partial charge in [-0.05, 0) is 17.7 Å². The van der Waals surface area contributed by atoms with E-state index < -0.39 is 0 Å². The molecule has 4 aromatic rings. The van der Waals surface area contributed by atoms with Gasteiger partial charge in [0.05, 0.1) is 11.0 Å². The summed E-state index contributed by atoms with van der Waals surface area (Å²) in [6, 6.07) is 26.6. The first-order valence-corrected chi connectivity index (χ1v) is 8.52.